The van der Waals surface area contributed by atoms with Crippen LogP contribution in [0.5, 0.6) is 0 Å². The van der Waals surface area contributed by atoms with Gasteiger partial charge in [-0.25, -0.2) is 0 Å². The first-order chi connectivity index (χ1) is 7.60. The lowest BCUT2D eigenvalue weighted by Crippen LogP contribution is -2.46. The van der Waals surface area contributed by atoms with Crippen molar-refractivity contribution in [3.8, 4) is 0 Å². The lowest BCUT2D eigenvalue weighted by atomic mass is 10.2. The van der Waals surface area contributed by atoms with E-state index in [0.717, 1.165) is 32.1 Å². The van der Waals surface area contributed by atoms with E-state index in [-0.39, 0.29) is 6.04 Å². The SMILES string of the molecule is CCC(CBr)NS(=O)(=O)N1CCCCCC1. The molecule has 1 unspecified atom stereocenters. The number of nitrogens with zero attached hydrogens (tertiary/aromatic N) is 1. The largest absolute Gasteiger partial charge is 0.279 e. The third kappa shape index (κ3) is 4.31. The first kappa shape index (κ1) is 14.4. The van der Waals surface area contributed by atoms with Gasteiger partial charge >= 0.3 is 0 Å². The van der Waals surface area contributed by atoms with Crippen LogP contribution in [0.1, 0.15) is 39.0 Å². The third-order valence-electron chi connectivity index (χ3n) is 2.90. The molecule has 0 aromatic heterocycles. The molecule has 0 saturated carbocycles. The summed E-state index contributed by atoms with van der Waals surface area (Å²) in [5, 5.41) is 0.663. The Hall–Kier alpha value is 0.350. The van der Waals surface area contributed by atoms with Gasteiger partial charge in [-0.3, -0.25) is 0 Å². The van der Waals surface area contributed by atoms with Gasteiger partial charge in [0.25, 0.3) is 10.2 Å². The van der Waals surface area contributed by atoms with Crippen molar-refractivity contribution in [1.82, 2.24) is 9.03 Å². The summed E-state index contributed by atoms with van der Waals surface area (Å²) < 4.78 is 28.5. The van der Waals surface area contributed by atoms with E-state index in [9.17, 15) is 8.42 Å². The van der Waals surface area contributed by atoms with Crippen molar-refractivity contribution in [1.29, 1.82) is 0 Å². The second-order valence-electron chi connectivity index (χ2n) is 4.20. The van der Waals surface area contributed by atoms with Crippen molar-refractivity contribution in [3.05, 3.63) is 0 Å². The fourth-order valence-electron chi connectivity index (χ4n) is 1.79. The van der Waals surface area contributed by atoms with Crippen LogP contribution < -0.4 is 4.72 Å². The van der Waals surface area contributed by atoms with Crippen molar-refractivity contribution in [2.75, 3.05) is 18.4 Å². The zero-order valence-electron chi connectivity index (χ0n) is 9.78. The van der Waals surface area contributed by atoms with Gasteiger partial charge in [0.1, 0.15) is 0 Å². The molecule has 1 heterocycles. The molecule has 16 heavy (non-hydrogen) atoms. The predicted molar refractivity (Wildman–Crippen MR) is 70.0 cm³/mol. The molecule has 0 bridgehead atoms. The van der Waals surface area contributed by atoms with E-state index in [2.05, 4.69) is 20.7 Å². The van der Waals surface area contributed by atoms with Crippen LogP contribution in [-0.2, 0) is 10.2 Å². The molecule has 1 fully saturated rings. The standard InChI is InChI=1S/C10H21BrN2O2S/c1-2-10(9-11)12-16(14,15)13-7-5-3-4-6-8-13/h10,12H,2-9H2,1H3. The van der Waals surface area contributed by atoms with Gasteiger partial charge in [-0.15, -0.1) is 0 Å². The number of nitrogens with one attached hydrogen (secondary N) is 1. The minimum atomic E-state index is -3.28. The Morgan fingerprint density at radius 3 is 2.25 bits per heavy atom. The van der Waals surface area contributed by atoms with Gasteiger partial charge in [0.15, 0.2) is 0 Å². The second kappa shape index (κ2) is 6.93. The quantitative estimate of drug-likeness (QED) is 0.788. The molecule has 1 atom stereocenters. The number of hydrogen-bond acceptors (Lipinski definition) is 2. The van der Waals surface area contributed by atoms with Crippen molar-refractivity contribution in [2.45, 2.75) is 45.1 Å². The molecule has 1 aliphatic heterocycles. The van der Waals surface area contributed by atoms with Crippen LogP contribution in [0.4, 0.5) is 0 Å². The lowest BCUT2D eigenvalue weighted by Gasteiger charge is -2.23. The van der Waals surface area contributed by atoms with Gasteiger partial charge in [0.05, 0.1) is 0 Å². The van der Waals surface area contributed by atoms with Gasteiger partial charge in [0.2, 0.25) is 0 Å². The predicted octanol–water partition coefficient (Wildman–Crippen LogP) is 1.87. The molecule has 1 N–H and O–H groups in total. The lowest BCUT2D eigenvalue weighted by molar-refractivity contribution is 0.408. The summed E-state index contributed by atoms with van der Waals surface area (Å²) in [6.07, 6.45) is 5.04. The van der Waals surface area contributed by atoms with E-state index in [4.69, 9.17) is 0 Å². The van der Waals surface area contributed by atoms with E-state index in [1.54, 1.807) is 4.31 Å². The van der Waals surface area contributed by atoms with E-state index in [1.807, 2.05) is 6.92 Å². The van der Waals surface area contributed by atoms with E-state index >= 15 is 0 Å². The van der Waals surface area contributed by atoms with Crippen molar-refractivity contribution < 1.29 is 8.42 Å². The molecule has 0 aromatic rings. The highest BCUT2D eigenvalue weighted by Gasteiger charge is 2.24. The van der Waals surface area contributed by atoms with Crippen LogP contribution in [-0.4, -0.2) is 37.2 Å². The molecular formula is C10H21BrN2O2S. The highest BCUT2D eigenvalue weighted by Crippen LogP contribution is 2.13. The monoisotopic (exact) mass is 312 g/mol. The Bertz CT molecular complexity index is 283. The molecule has 1 aliphatic rings. The number of halogens is 1. The maximum Gasteiger partial charge on any atom is 0.279 e. The molecule has 0 aliphatic carbocycles. The number of alkyl halides is 1. The molecule has 4 nitrogen and oxygen atoms in total. The summed E-state index contributed by atoms with van der Waals surface area (Å²) in [6.45, 7) is 3.30. The molecule has 0 aromatic carbocycles. The maximum absolute atomic E-state index is 12.1. The molecule has 0 spiro atoms. The normalized spacial score (nSPS) is 21.6. The molecule has 96 valence electrons. The summed E-state index contributed by atoms with van der Waals surface area (Å²) in [5.74, 6) is 0. The Balaban J connectivity index is 2.60. The fourth-order valence-corrected chi connectivity index (χ4v) is 4.18. The third-order valence-corrected chi connectivity index (χ3v) is 5.36. The van der Waals surface area contributed by atoms with Gasteiger partial charge in [-0.1, -0.05) is 35.7 Å². The van der Waals surface area contributed by atoms with Crippen LogP contribution in [0.3, 0.4) is 0 Å². The zero-order chi connectivity index (χ0) is 12.0. The Labute approximate surface area is 107 Å². The van der Waals surface area contributed by atoms with Crippen molar-refractivity contribution in [2.24, 2.45) is 0 Å². The molecule has 1 rings (SSSR count). The maximum atomic E-state index is 12.1. The molecule has 6 heteroatoms. The average molecular weight is 313 g/mol. The highest BCUT2D eigenvalue weighted by molar-refractivity contribution is 9.09. The van der Waals surface area contributed by atoms with Crippen molar-refractivity contribution in [3.63, 3.8) is 0 Å². The summed E-state index contributed by atoms with van der Waals surface area (Å²) in [5.41, 5.74) is 0. The van der Waals surface area contributed by atoms with E-state index in [1.165, 1.54) is 0 Å². The molecule has 0 radical (unpaired) electrons. The second-order valence-corrected chi connectivity index (χ2v) is 6.55. The van der Waals surface area contributed by atoms with Crippen LogP contribution in [0, 0.1) is 0 Å². The summed E-state index contributed by atoms with van der Waals surface area (Å²) >= 11 is 3.32. The average Bonchev–Trinajstić information content (AvgIpc) is 2.54. The van der Waals surface area contributed by atoms with Gasteiger partial charge in [0, 0.05) is 24.5 Å². The van der Waals surface area contributed by atoms with E-state index in [0.29, 0.717) is 18.4 Å². The number of rotatable bonds is 5. The first-order valence-corrected chi connectivity index (χ1v) is 8.49. The zero-order valence-corrected chi connectivity index (χ0v) is 12.2. The highest BCUT2D eigenvalue weighted by atomic mass is 79.9. The topological polar surface area (TPSA) is 49.4 Å². The Morgan fingerprint density at radius 2 is 1.81 bits per heavy atom. The summed E-state index contributed by atoms with van der Waals surface area (Å²) in [6, 6.07) is -0.00625. The Morgan fingerprint density at radius 1 is 1.25 bits per heavy atom. The van der Waals surface area contributed by atoms with Gasteiger partial charge < -0.3 is 0 Å². The molecule has 0 amide bonds. The smallest absolute Gasteiger partial charge is 0.198 e. The first-order valence-electron chi connectivity index (χ1n) is 5.93. The minimum absolute atomic E-state index is 0.00625. The Kier molecular flexibility index (Phi) is 6.25. The van der Waals surface area contributed by atoms with Gasteiger partial charge in [-0.05, 0) is 19.3 Å². The summed E-state index contributed by atoms with van der Waals surface area (Å²) in [4.78, 5) is 0. The molecular weight excluding hydrogens is 292 g/mol. The minimum Gasteiger partial charge on any atom is -0.198 e. The van der Waals surface area contributed by atoms with Crippen molar-refractivity contribution >= 4 is 26.1 Å². The van der Waals surface area contributed by atoms with Gasteiger partial charge in [-0.2, -0.15) is 17.4 Å². The van der Waals surface area contributed by atoms with Crippen LogP contribution in [0.25, 0.3) is 0 Å². The van der Waals surface area contributed by atoms with E-state index < -0.39 is 10.2 Å². The van der Waals surface area contributed by atoms with Crippen LogP contribution in [0.15, 0.2) is 0 Å². The fraction of sp³-hybridized carbons (Fsp3) is 1.00. The number of hydrogen-bond donors (Lipinski definition) is 1. The van der Waals surface area contributed by atoms with Crippen LogP contribution >= 0.6 is 15.9 Å². The summed E-state index contributed by atoms with van der Waals surface area (Å²) in [7, 11) is -3.28. The molecule has 1 saturated heterocycles. The van der Waals surface area contributed by atoms with Crippen LogP contribution in [0.2, 0.25) is 0 Å².